The van der Waals surface area contributed by atoms with Crippen molar-refractivity contribution < 1.29 is 18.8 Å². The summed E-state index contributed by atoms with van der Waals surface area (Å²) in [6.45, 7) is 4.00. The summed E-state index contributed by atoms with van der Waals surface area (Å²) in [6, 6.07) is 17.4. The molecule has 2 heterocycles. The minimum atomic E-state index is -0.334. The normalized spacial score (nSPS) is 10.8. The van der Waals surface area contributed by atoms with Crippen LogP contribution in [0.3, 0.4) is 0 Å². The zero-order valence-corrected chi connectivity index (χ0v) is 18.4. The van der Waals surface area contributed by atoms with Crippen LogP contribution >= 0.6 is 11.3 Å². The lowest BCUT2D eigenvalue weighted by Gasteiger charge is -2.04. The first-order chi connectivity index (χ1) is 15.0. The first-order valence-corrected chi connectivity index (χ1v) is 10.6. The molecule has 0 N–H and O–H groups in total. The minimum absolute atomic E-state index is 0.0274. The lowest BCUT2D eigenvalue weighted by molar-refractivity contribution is -0.144. The van der Waals surface area contributed by atoms with E-state index in [2.05, 4.69) is 10.1 Å². The third-order valence-corrected chi connectivity index (χ3v) is 5.73. The van der Waals surface area contributed by atoms with Crippen LogP contribution < -0.4 is 4.74 Å². The van der Waals surface area contributed by atoms with Crippen LogP contribution in [0.15, 0.2) is 59.1 Å². The van der Waals surface area contributed by atoms with Crippen molar-refractivity contribution in [2.75, 3.05) is 7.11 Å². The van der Waals surface area contributed by atoms with Gasteiger partial charge in [-0.1, -0.05) is 35.0 Å². The Bertz CT molecular complexity index is 1180. The Balaban J connectivity index is 1.39. The Morgan fingerprint density at radius 3 is 2.45 bits per heavy atom. The molecule has 4 rings (SSSR count). The van der Waals surface area contributed by atoms with E-state index in [0.29, 0.717) is 11.5 Å². The molecule has 0 bridgehead atoms. The van der Waals surface area contributed by atoms with Crippen LogP contribution in [0.25, 0.3) is 22.5 Å². The number of thiazole rings is 1. The molecule has 0 fully saturated rings. The summed E-state index contributed by atoms with van der Waals surface area (Å²) in [4.78, 5) is 18.0. The molecule has 2 aromatic heterocycles. The van der Waals surface area contributed by atoms with Gasteiger partial charge >= 0.3 is 5.97 Å². The Morgan fingerprint density at radius 2 is 1.74 bits per heavy atom. The lowest BCUT2D eigenvalue weighted by Crippen LogP contribution is -2.07. The van der Waals surface area contributed by atoms with Crippen LogP contribution in [-0.4, -0.2) is 23.2 Å². The number of benzene rings is 2. The number of ether oxygens (including phenoxy) is 2. The van der Waals surface area contributed by atoms with Gasteiger partial charge in [-0.25, -0.2) is 4.98 Å². The van der Waals surface area contributed by atoms with Crippen molar-refractivity contribution in [3.05, 3.63) is 75.8 Å². The molecule has 0 aliphatic carbocycles. The molecule has 0 saturated carbocycles. The average Bonchev–Trinajstić information content (AvgIpc) is 3.39. The highest BCUT2D eigenvalue weighted by molar-refractivity contribution is 7.12. The third-order valence-electron chi connectivity index (χ3n) is 4.75. The molecule has 0 spiro atoms. The Morgan fingerprint density at radius 1 is 1.03 bits per heavy atom. The lowest BCUT2D eigenvalue weighted by atomic mass is 10.1. The molecule has 2 aromatic carbocycles. The number of aromatic nitrogens is 2. The van der Waals surface area contributed by atoms with E-state index >= 15 is 0 Å². The fraction of sp³-hybridized carbons (Fsp3) is 0.208. The number of esters is 1. The van der Waals surface area contributed by atoms with Crippen molar-refractivity contribution in [2.45, 2.75) is 26.9 Å². The van der Waals surface area contributed by atoms with E-state index in [9.17, 15) is 4.79 Å². The number of aryl methyl sites for hydroxylation is 2. The summed E-state index contributed by atoms with van der Waals surface area (Å²) >= 11 is 1.51. The zero-order valence-electron chi connectivity index (χ0n) is 17.5. The largest absolute Gasteiger partial charge is 0.497 e. The monoisotopic (exact) mass is 434 g/mol. The first kappa shape index (κ1) is 20.8. The highest BCUT2D eigenvalue weighted by atomic mass is 32.1. The number of rotatable bonds is 7. The molecule has 6 nitrogen and oxygen atoms in total. The third kappa shape index (κ3) is 5.00. The number of hydrogen-bond donors (Lipinski definition) is 0. The van der Waals surface area contributed by atoms with Crippen molar-refractivity contribution >= 4 is 17.3 Å². The van der Waals surface area contributed by atoms with Crippen LogP contribution in [0.5, 0.6) is 5.75 Å². The number of methoxy groups -OCH3 is 1. The predicted octanol–water partition coefficient (Wildman–Crippen LogP) is 5.38. The molecule has 4 aromatic rings. The summed E-state index contributed by atoms with van der Waals surface area (Å²) in [5.74, 6) is 0.919. The van der Waals surface area contributed by atoms with Gasteiger partial charge in [-0.15, -0.1) is 11.3 Å². The summed E-state index contributed by atoms with van der Waals surface area (Å²) in [7, 11) is 1.62. The molecule has 0 atom stereocenters. The summed E-state index contributed by atoms with van der Waals surface area (Å²) in [5.41, 5.74) is 4.58. The van der Waals surface area contributed by atoms with Crippen LogP contribution in [-0.2, 0) is 22.6 Å². The van der Waals surface area contributed by atoms with E-state index in [1.54, 1.807) is 13.2 Å². The Hall–Kier alpha value is -3.45. The van der Waals surface area contributed by atoms with Gasteiger partial charge in [0.25, 0.3) is 0 Å². The predicted molar refractivity (Wildman–Crippen MR) is 119 cm³/mol. The van der Waals surface area contributed by atoms with Gasteiger partial charge in [-0.2, -0.15) is 0 Å². The Labute approximate surface area is 184 Å². The molecule has 0 aliphatic heterocycles. The van der Waals surface area contributed by atoms with E-state index in [4.69, 9.17) is 14.0 Å². The smallest absolute Gasteiger partial charge is 0.311 e. The standard InChI is InChI=1S/C24H22N2O4S/c1-15-4-6-18(7-5-15)24-22(31-16(2)25-24)13-23(27)29-14-20-12-21(26-30-20)17-8-10-19(28-3)11-9-17/h4-12H,13-14H2,1-3H3. The molecular formula is C24H22N2O4S. The number of carbonyl (C=O) groups excluding carboxylic acids is 1. The molecule has 7 heteroatoms. The zero-order chi connectivity index (χ0) is 21.8. The maximum Gasteiger partial charge on any atom is 0.311 e. The van der Waals surface area contributed by atoms with Crippen molar-refractivity contribution in [1.82, 2.24) is 10.1 Å². The molecule has 0 saturated heterocycles. The quantitative estimate of drug-likeness (QED) is 0.364. The average molecular weight is 435 g/mol. The molecule has 31 heavy (non-hydrogen) atoms. The fourth-order valence-electron chi connectivity index (χ4n) is 3.14. The minimum Gasteiger partial charge on any atom is -0.497 e. The van der Waals surface area contributed by atoms with Gasteiger partial charge in [0.05, 0.1) is 24.2 Å². The SMILES string of the molecule is COc1ccc(-c2cc(COC(=O)Cc3sc(C)nc3-c3ccc(C)cc3)on2)cc1. The summed E-state index contributed by atoms with van der Waals surface area (Å²) in [5, 5.41) is 4.97. The van der Waals surface area contributed by atoms with E-state index in [1.807, 2.05) is 62.4 Å². The van der Waals surface area contributed by atoms with E-state index in [0.717, 1.165) is 32.5 Å². The van der Waals surface area contributed by atoms with Crippen molar-refractivity contribution in [1.29, 1.82) is 0 Å². The molecule has 0 unspecified atom stereocenters. The molecular weight excluding hydrogens is 412 g/mol. The second-order valence-electron chi connectivity index (χ2n) is 7.12. The second-order valence-corrected chi connectivity index (χ2v) is 8.40. The van der Waals surface area contributed by atoms with E-state index in [1.165, 1.54) is 16.9 Å². The number of hydrogen-bond acceptors (Lipinski definition) is 7. The summed E-state index contributed by atoms with van der Waals surface area (Å²) in [6.07, 6.45) is 0.161. The fourth-order valence-corrected chi connectivity index (χ4v) is 4.08. The van der Waals surface area contributed by atoms with E-state index < -0.39 is 0 Å². The van der Waals surface area contributed by atoms with Gasteiger partial charge in [0, 0.05) is 22.1 Å². The second kappa shape index (κ2) is 9.14. The highest BCUT2D eigenvalue weighted by Gasteiger charge is 2.17. The molecule has 0 radical (unpaired) electrons. The molecule has 0 aliphatic rings. The highest BCUT2D eigenvalue weighted by Crippen LogP contribution is 2.29. The Kier molecular flexibility index (Phi) is 6.13. The number of nitrogens with zero attached hydrogens (tertiary/aromatic N) is 2. The van der Waals surface area contributed by atoms with Crippen LogP contribution in [0.1, 0.15) is 21.2 Å². The first-order valence-electron chi connectivity index (χ1n) is 9.81. The molecule has 158 valence electrons. The summed E-state index contributed by atoms with van der Waals surface area (Å²) < 4.78 is 15.9. The van der Waals surface area contributed by atoms with E-state index in [-0.39, 0.29) is 19.0 Å². The van der Waals surface area contributed by atoms with Crippen LogP contribution in [0, 0.1) is 13.8 Å². The van der Waals surface area contributed by atoms with Gasteiger partial charge < -0.3 is 14.0 Å². The number of carbonyl (C=O) groups is 1. The van der Waals surface area contributed by atoms with Crippen molar-refractivity contribution in [3.63, 3.8) is 0 Å². The van der Waals surface area contributed by atoms with Crippen molar-refractivity contribution in [3.8, 4) is 28.3 Å². The van der Waals surface area contributed by atoms with Crippen LogP contribution in [0.2, 0.25) is 0 Å². The van der Waals surface area contributed by atoms with Gasteiger partial charge in [0.2, 0.25) is 0 Å². The van der Waals surface area contributed by atoms with Gasteiger partial charge in [-0.05, 0) is 38.1 Å². The maximum atomic E-state index is 12.5. The van der Waals surface area contributed by atoms with Gasteiger partial charge in [0.15, 0.2) is 12.4 Å². The van der Waals surface area contributed by atoms with Gasteiger partial charge in [-0.3, -0.25) is 4.79 Å². The van der Waals surface area contributed by atoms with Crippen molar-refractivity contribution in [2.24, 2.45) is 0 Å². The molecule has 0 amide bonds. The van der Waals surface area contributed by atoms with Gasteiger partial charge in [0.1, 0.15) is 11.4 Å². The van der Waals surface area contributed by atoms with Crippen LogP contribution in [0.4, 0.5) is 0 Å². The maximum absolute atomic E-state index is 12.5. The topological polar surface area (TPSA) is 74.5 Å².